The predicted molar refractivity (Wildman–Crippen MR) is 188 cm³/mol. The van der Waals surface area contributed by atoms with Crippen LogP contribution in [0.2, 0.25) is 0 Å². The van der Waals surface area contributed by atoms with Crippen LogP contribution in [0, 0.1) is 6.07 Å². The summed E-state index contributed by atoms with van der Waals surface area (Å²) in [6.45, 7) is 13.2. The summed E-state index contributed by atoms with van der Waals surface area (Å²) in [7, 11) is 0. The fraction of sp³-hybridized carbons (Fsp3) is 0.200. The van der Waals surface area contributed by atoms with Gasteiger partial charge in [-0.1, -0.05) is 113 Å². The molecule has 0 aliphatic carbocycles. The molecule has 0 amide bonds. The minimum Gasteiger partial charge on any atom is -0.777 e. The zero-order chi connectivity index (χ0) is 31.5. The number of fused-ring (bicyclic) bond motifs is 4. The van der Waals surface area contributed by atoms with Gasteiger partial charge in [0, 0.05) is 28.9 Å². The fourth-order valence-corrected chi connectivity index (χ4v) is 6.67. The van der Waals surface area contributed by atoms with Gasteiger partial charge in [-0.25, -0.2) is 9.97 Å². The number of para-hydroxylation sites is 1. The molecule has 0 saturated heterocycles. The number of nitrogens with zero attached hydrogens (tertiary/aromatic N) is 3. The van der Waals surface area contributed by atoms with Crippen molar-refractivity contribution < 1.29 is 25.8 Å². The molecule has 0 fully saturated rings. The van der Waals surface area contributed by atoms with Crippen molar-refractivity contribution in [3.05, 3.63) is 120 Å². The van der Waals surface area contributed by atoms with E-state index in [2.05, 4.69) is 125 Å². The molecule has 6 heteroatoms. The molecule has 0 atom stereocenters. The van der Waals surface area contributed by atoms with Gasteiger partial charge in [-0.15, -0.1) is 22.4 Å². The number of hydrogen-bond donors (Lipinski definition) is 0. The quantitative estimate of drug-likeness (QED) is 0.131. The standard InChI is InChI=1S/C40H36N3OS.Pt/c1-39(2,3)31-19-18-30-32(40(4,5)6)24-36(42-37(30)38(31)45)44-27-16-17-29-28-14-10-11-15-33(28)43(34(29)23-27)35-22-26(20-21-41-35)25-12-8-7-9-13-25;/h7-22,24,45H,1-6H3;/q-1;+2/p-1. The Hall–Kier alpha value is -4.05. The minimum atomic E-state index is -0.139. The number of rotatable bonds is 4. The van der Waals surface area contributed by atoms with Crippen LogP contribution >= 0.6 is 0 Å². The summed E-state index contributed by atoms with van der Waals surface area (Å²) in [5.74, 6) is 1.91. The molecule has 0 radical (unpaired) electrons. The summed E-state index contributed by atoms with van der Waals surface area (Å²) >= 11 is 6.03. The molecule has 0 aliphatic rings. The molecule has 4 aromatic carbocycles. The molecule has 3 heterocycles. The van der Waals surface area contributed by atoms with E-state index >= 15 is 0 Å². The number of ether oxygens (including phenoxy) is 1. The van der Waals surface area contributed by atoms with Crippen molar-refractivity contribution in [1.82, 2.24) is 14.5 Å². The van der Waals surface area contributed by atoms with Gasteiger partial charge in [-0.3, -0.25) is 0 Å². The molecular formula is C40H35N3OPtS. The van der Waals surface area contributed by atoms with Gasteiger partial charge in [-0.05, 0) is 51.1 Å². The van der Waals surface area contributed by atoms with Gasteiger partial charge >= 0.3 is 21.1 Å². The van der Waals surface area contributed by atoms with Crippen LogP contribution in [-0.2, 0) is 44.5 Å². The van der Waals surface area contributed by atoms with Crippen LogP contribution in [0.15, 0.2) is 108 Å². The molecular weight excluding hydrogens is 766 g/mol. The van der Waals surface area contributed by atoms with Crippen LogP contribution in [0.3, 0.4) is 0 Å². The van der Waals surface area contributed by atoms with Crippen LogP contribution in [0.1, 0.15) is 52.7 Å². The molecule has 0 saturated carbocycles. The summed E-state index contributed by atoms with van der Waals surface area (Å²) in [5.41, 5.74) is 7.01. The smallest absolute Gasteiger partial charge is 0.777 e. The first-order valence-electron chi connectivity index (χ1n) is 15.3. The van der Waals surface area contributed by atoms with Crippen LogP contribution in [0.25, 0.3) is 49.7 Å². The molecule has 0 N–H and O–H groups in total. The van der Waals surface area contributed by atoms with Gasteiger partial charge in [0.2, 0.25) is 5.88 Å². The molecule has 0 unspecified atom stereocenters. The van der Waals surface area contributed by atoms with E-state index in [1.54, 1.807) is 0 Å². The van der Waals surface area contributed by atoms with Crippen LogP contribution in [-0.4, -0.2) is 14.5 Å². The maximum absolute atomic E-state index is 6.54. The average molecular weight is 801 g/mol. The summed E-state index contributed by atoms with van der Waals surface area (Å²) < 4.78 is 8.71. The largest absolute Gasteiger partial charge is 2.00 e. The molecule has 7 rings (SSSR count). The van der Waals surface area contributed by atoms with E-state index in [0.717, 1.165) is 65.7 Å². The Morgan fingerprint density at radius 2 is 1.39 bits per heavy atom. The minimum absolute atomic E-state index is 0. The van der Waals surface area contributed by atoms with Gasteiger partial charge < -0.3 is 21.9 Å². The molecule has 0 aliphatic heterocycles. The Morgan fingerprint density at radius 3 is 2.13 bits per heavy atom. The van der Waals surface area contributed by atoms with E-state index < -0.39 is 0 Å². The third kappa shape index (κ3) is 5.72. The Balaban J connectivity index is 0.00000372. The SMILES string of the molecule is CC(C)(C)c1ccc2c(C(C)(C)C)cc(Oc3[c-]c4c(cc3)c3ccccc3n4-c3cc(-c4ccccc4)ccn3)nc2c1[S-].[Pt+2]. The van der Waals surface area contributed by atoms with Crippen LogP contribution in [0.4, 0.5) is 0 Å². The van der Waals surface area contributed by atoms with Crippen molar-refractivity contribution in [3.63, 3.8) is 0 Å². The molecule has 232 valence electrons. The zero-order valence-corrected chi connectivity index (χ0v) is 29.9. The topological polar surface area (TPSA) is 39.9 Å². The normalized spacial score (nSPS) is 12.0. The molecule has 0 spiro atoms. The third-order valence-electron chi connectivity index (χ3n) is 8.38. The van der Waals surface area contributed by atoms with Crippen LogP contribution in [0.5, 0.6) is 11.6 Å². The first-order chi connectivity index (χ1) is 21.5. The first-order valence-corrected chi connectivity index (χ1v) is 15.7. The number of aromatic nitrogens is 3. The van der Waals surface area contributed by atoms with E-state index in [1.165, 1.54) is 0 Å². The van der Waals surface area contributed by atoms with Crippen molar-refractivity contribution in [2.75, 3.05) is 0 Å². The van der Waals surface area contributed by atoms with E-state index in [9.17, 15) is 0 Å². The second-order valence-corrected chi connectivity index (χ2v) is 14.1. The van der Waals surface area contributed by atoms with Crippen molar-refractivity contribution in [2.24, 2.45) is 0 Å². The Kier molecular flexibility index (Phi) is 8.29. The Bertz CT molecular complexity index is 2230. The van der Waals surface area contributed by atoms with E-state index in [0.29, 0.717) is 11.6 Å². The molecule has 46 heavy (non-hydrogen) atoms. The summed E-state index contributed by atoms with van der Waals surface area (Å²) in [6.07, 6.45) is 1.86. The zero-order valence-electron chi connectivity index (χ0n) is 26.8. The second kappa shape index (κ2) is 12.0. The first kappa shape index (κ1) is 31.9. The van der Waals surface area contributed by atoms with E-state index in [1.807, 2.05) is 30.5 Å². The fourth-order valence-electron chi connectivity index (χ4n) is 6.14. The van der Waals surface area contributed by atoms with Crippen molar-refractivity contribution in [1.29, 1.82) is 0 Å². The predicted octanol–water partition coefficient (Wildman–Crippen LogP) is 10.5. The maximum Gasteiger partial charge on any atom is 2.00 e. The Morgan fingerprint density at radius 1 is 0.696 bits per heavy atom. The van der Waals surface area contributed by atoms with Gasteiger partial charge in [0.25, 0.3) is 0 Å². The number of pyridine rings is 2. The second-order valence-electron chi connectivity index (χ2n) is 13.7. The van der Waals surface area contributed by atoms with Gasteiger partial charge in [-0.2, -0.15) is 6.07 Å². The summed E-state index contributed by atoms with van der Waals surface area (Å²) in [6, 6.07) is 36.9. The summed E-state index contributed by atoms with van der Waals surface area (Å²) in [4.78, 5) is 10.6. The maximum atomic E-state index is 6.54. The molecule has 0 bridgehead atoms. The molecule has 3 aromatic heterocycles. The number of hydrogen-bond acceptors (Lipinski definition) is 4. The van der Waals surface area contributed by atoms with Gasteiger partial charge in [0.05, 0.1) is 5.52 Å². The average Bonchev–Trinajstić information content (AvgIpc) is 3.34. The molecule has 4 nitrogen and oxygen atoms in total. The van der Waals surface area contributed by atoms with Crippen LogP contribution < -0.4 is 4.74 Å². The summed E-state index contributed by atoms with van der Waals surface area (Å²) in [5, 5.41) is 3.28. The van der Waals surface area contributed by atoms with E-state index in [4.69, 9.17) is 27.3 Å². The number of benzene rings is 4. The van der Waals surface area contributed by atoms with Crippen molar-refractivity contribution in [3.8, 4) is 28.6 Å². The molecule has 7 aromatic rings. The van der Waals surface area contributed by atoms with Gasteiger partial charge in [0.1, 0.15) is 5.82 Å². The monoisotopic (exact) mass is 800 g/mol. The van der Waals surface area contributed by atoms with Crippen molar-refractivity contribution in [2.45, 2.75) is 57.3 Å². The van der Waals surface area contributed by atoms with E-state index in [-0.39, 0.29) is 31.9 Å². The van der Waals surface area contributed by atoms with Crippen molar-refractivity contribution >= 4 is 45.3 Å². The third-order valence-corrected chi connectivity index (χ3v) is 8.79. The van der Waals surface area contributed by atoms with Gasteiger partial charge in [0.15, 0.2) is 0 Å². The Labute approximate surface area is 290 Å².